The molecule has 0 saturated heterocycles. The van der Waals surface area contributed by atoms with Gasteiger partial charge < -0.3 is 10.5 Å². The van der Waals surface area contributed by atoms with Gasteiger partial charge in [-0.15, -0.1) is 0 Å². The molecule has 0 fully saturated rings. The Kier molecular flexibility index (Phi) is 3.67. The predicted molar refractivity (Wildman–Crippen MR) is 70.5 cm³/mol. The zero-order valence-electron chi connectivity index (χ0n) is 9.56. The smallest absolute Gasteiger partial charge is 0.118 e. The van der Waals surface area contributed by atoms with Gasteiger partial charge in [-0.3, -0.25) is 0 Å². The van der Waals surface area contributed by atoms with Gasteiger partial charge in [0.25, 0.3) is 0 Å². The lowest BCUT2D eigenvalue weighted by atomic mass is 9.99. The van der Waals surface area contributed by atoms with Crippen molar-refractivity contribution in [3.63, 3.8) is 0 Å². The second-order valence-electron chi connectivity index (χ2n) is 3.77. The molecule has 2 rings (SSSR count). The Balaban J connectivity index is 2.30. The van der Waals surface area contributed by atoms with Crippen molar-refractivity contribution in [1.29, 1.82) is 0 Å². The minimum Gasteiger partial charge on any atom is -0.497 e. The van der Waals surface area contributed by atoms with E-state index in [1.54, 1.807) is 7.11 Å². The van der Waals surface area contributed by atoms with Gasteiger partial charge >= 0.3 is 0 Å². The molecule has 3 heteroatoms. The van der Waals surface area contributed by atoms with Gasteiger partial charge in [0.1, 0.15) is 5.75 Å². The van der Waals surface area contributed by atoms with Crippen LogP contribution in [0.25, 0.3) is 0 Å². The zero-order valence-corrected chi connectivity index (χ0v) is 10.3. The average Bonchev–Trinajstić information content (AvgIpc) is 2.39. The highest BCUT2D eigenvalue weighted by atomic mass is 35.5. The lowest BCUT2D eigenvalue weighted by molar-refractivity contribution is 0.414. The van der Waals surface area contributed by atoms with E-state index in [1.807, 2.05) is 48.5 Å². The number of benzene rings is 2. The fourth-order valence-electron chi connectivity index (χ4n) is 1.72. The van der Waals surface area contributed by atoms with Gasteiger partial charge in [-0.2, -0.15) is 0 Å². The maximum Gasteiger partial charge on any atom is 0.118 e. The first-order chi connectivity index (χ1) is 8.22. The third kappa shape index (κ3) is 2.60. The van der Waals surface area contributed by atoms with Gasteiger partial charge in [0.2, 0.25) is 0 Å². The molecule has 0 spiro atoms. The monoisotopic (exact) mass is 247 g/mol. The number of hydrogen-bond donors (Lipinski definition) is 1. The summed E-state index contributed by atoms with van der Waals surface area (Å²) in [6, 6.07) is 15.1. The molecule has 2 N–H and O–H groups in total. The summed E-state index contributed by atoms with van der Waals surface area (Å²) in [4.78, 5) is 0. The van der Waals surface area contributed by atoms with Crippen molar-refractivity contribution in [2.75, 3.05) is 7.11 Å². The molecule has 0 aromatic heterocycles. The summed E-state index contributed by atoms with van der Waals surface area (Å²) < 4.78 is 5.11. The normalized spacial score (nSPS) is 12.2. The molecule has 2 aromatic rings. The highest BCUT2D eigenvalue weighted by molar-refractivity contribution is 6.31. The third-order valence-corrected chi connectivity index (χ3v) is 3.06. The second-order valence-corrected chi connectivity index (χ2v) is 4.18. The third-order valence-electron chi connectivity index (χ3n) is 2.72. The van der Waals surface area contributed by atoms with Crippen LogP contribution in [0.5, 0.6) is 5.75 Å². The number of halogens is 1. The minimum absolute atomic E-state index is 0.213. The summed E-state index contributed by atoms with van der Waals surface area (Å²) in [7, 11) is 1.64. The van der Waals surface area contributed by atoms with E-state index in [0.29, 0.717) is 5.02 Å². The Bertz CT molecular complexity index is 496. The Morgan fingerprint density at radius 3 is 2.29 bits per heavy atom. The molecule has 0 unspecified atom stereocenters. The number of methoxy groups -OCH3 is 1. The van der Waals surface area contributed by atoms with Crippen LogP contribution >= 0.6 is 11.6 Å². The zero-order chi connectivity index (χ0) is 12.3. The quantitative estimate of drug-likeness (QED) is 0.902. The highest BCUT2D eigenvalue weighted by Crippen LogP contribution is 2.27. The molecule has 1 atom stereocenters. The predicted octanol–water partition coefficient (Wildman–Crippen LogP) is 3.40. The summed E-state index contributed by atoms with van der Waals surface area (Å²) in [6.45, 7) is 0. The largest absolute Gasteiger partial charge is 0.497 e. The Labute approximate surface area is 106 Å². The maximum atomic E-state index is 6.18. The van der Waals surface area contributed by atoms with Crippen molar-refractivity contribution in [1.82, 2.24) is 0 Å². The van der Waals surface area contributed by atoms with Gasteiger partial charge in [0.15, 0.2) is 0 Å². The van der Waals surface area contributed by atoms with Gasteiger partial charge in [-0.05, 0) is 29.3 Å². The highest BCUT2D eigenvalue weighted by Gasteiger charge is 2.11. The van der Waals surface area contributed by atoms with Crippen LogP contribution in [-0.2, 0) is 0 Å². The lowest BCUT2D eigenvalue weighted by Crippen LogP contribution is -2.12. The van der Waals surface area contributed by atoms with Gasteiger partial charge in [-0.1, -0.05) is 41.9 Å². The van der Waals surface area contributed by atoms with Crippen molar-refractivity contribution in [3.05, 3.63) is 64.7 Å². The maximum absolute atomic E-state index is 6.18. The van der Waals surface area contributed by atoms with E-state index in [9.17, 15) is 0 Å². The van der Waals surface area contributed by atoms with E-state index in [0.717, 1.165) is 16.9 Å². The summed E-state index contributed by atoms with van der Waals surface area (Å²) in [5, 5.41) is 0.691. The number of nitrogens with two attached hydrogens (primary N) is 1. The molecular weight excluding hydrogens is 234 g/mol. The minimum atomic E-state index is -0.213. The molecule has 0 radical (unpaired) electrons. The Morgan fingerprint density at radius 1 is 1.06 bits per heavy atom. The van der Waals surface area contributed by atoms with Crippen molar-refractivity contribution in [3.8, 4) is 5.75 Å². The second kappa shape index (κ2) is 5.21. The van der Waals surface area contributed by atoms with Crippen molar-refractivity contribution in [2.45, 2.75) is 6.04 Å². The molecule has 0 aliphatic heterocycles. The van der Waals surface area contributed by atoms with E-state index >= 15 is 0 Å². The SMILES string of the molecule is COc1ccc([C@@H](N)c2ccccc2Cl)cc1. The van der Waals surface area contributed by atoms with E-state index in [4.69, 9.17) is 22.1 Å². The molecule has 2 aromatic carbocycles. The first kappa shape index (κ1) is 12.0. The van der Waals surface area contributed by atoms with Crippen LogP contribution in [0.3, 0.4) is 0 Å². The number of rotatable bonds is 3. The Hall–Kier alpha value is -1.51. The molecule has 0 aliphatic carbocycles. The van der Waals surface area contributed by atoms with E-state index in [1.165, 1.54) is 0 Å². The summed E-state index contributed by atoms with van der Waals surface area (Å²) >= 11 is 6.12. The first-order valence-electron chi connectivity index (χ1n) is 5.36. The standard InChI is InChI=1S/C14H14ClNO/c1-17-11-8-6-10(7-9-11)14(16)12-4-2-3-5-13(12)15/h2-9,14H,16H2,1H3/t14-/m1/s1. The van der Waals surface area contributed by atoms with Gasteiger partial charge in [0.05, 0.1) is 13.2 Å². The molecule has 2 nitrogen and oxygen atoms in total. The van der Waals surface area contributed by atoms with Crippen LogP contribution in [0, 0.1) is 0 Å². The lowest BCUT2D eigenvalue weighted by Gasteiger charge is -2.14. The van der Waals surface area contributed by atoms with Gasteiger partial charge in [0, 0.05) is 5.02 Å². The summed E-state index contributed by atoms with van der Waals surface area (Å²) in [5.41, 5.74) is 8.13. The molecule has 88 valence electrons. The Morgan fingerprint density at radius 2 is 1.71 bits per heavy atom. The van der Waals surface area contributed by atoms with Crippen LogP contribution in [0.1, 0.15) is 17.2 Å². The molecular formula is C14H14ClNO. The van der Waals surface area contributed by atoms with E-state index in [2.05, 4.69) is 0 Å². The first-order valence-corrected chi connectivity index (χ1v) is 5.74. The van der Waals surface area contributed by atoms with Crippen LogP contribution in [0.2, 0.25) is 5.02 Å². The van der Waals surface area contributed by atoms with Crippen molar-refractivity contribution < 1.29 is 4.74 Å². The molecule has 0 saturated carbocycles. The van der Waals surface area contributed by atoms with Gasteiger partial charge in [-0.25, -0.2) is 0 Å². The molecule has 0 heterocycles. The van der Waals surface area contributed by atoms with E-state index < -0.39 is 0 Å². The topological polar surface area (TPSA) is 35.2 Å². The van der Waals surface area contributed by atoms with E-state index in [-0.39, 0.29) is 6.04 Å². The summed E-state index contributed by atoms with van der Waals surface area (Å²) in [5.74, 6) is 0.820. The molecule has 0 aliphatic rings. The molecule has 0 amide bonds. The van der Waals surface area contributed by atoms with Crippen molar-refractivity contribution in [2.24, 2.45) is 5.73 Å². The number of ether oxygens (including phenoxy) is 1. The van der Waals surface area contributed by atoms with Crippen LogP contribution in [0.4, 0.5) is 0 Å². The fraction of sp³-hybridized carbons (Fsp3) is 0.143. The van der Waals surface area contributed by atoms with Crippen LogP contribution < -0.4 is 10.5 Å². The fourth-order valence-corrected chi connectivity index (χ4v) is 1.97. The average molecular weight is 248 g/mol. The van der Waals surface area contributed by atoms with Crippen molar-refractivity contribution >= 4 is 11.6 Å². The van der Waals surface area contributed by atoms with Crippen LogP contribution in [-0.4, -0.2) is 7.11 Å². The molecule has 0 bridgehead atoms. The van der Waals surface area contributed by atoms with Crippen LogP contribution in [0.15, 0.2) is 48.5 Å². The summed E-state index contributed by atoms with van der Waals surface area (Å²) in [6.07, 6.45) is 0. The number of hydrogen-bond acceptors (Lipinski definition) is 2. The molecule has 17 heavy (non-hydrogen) atoms.